The molecule has 1 saturated heterocycles. The van der Waals surface area contributed by atoms with E-state index in [1.807, 2.05) is 6.07 Å². The average Bonchev–Trinajstić information content (AvgIpc) is 3.26. The number of aromatic nitrogens is 3. The lowest BCUT2D eigenvalue weighted by atomic mass is 10.2. The number of hydrogen-bond acceptors (Lipinski definition) is 8. The van der Waals surface area contributed by atoms with Crippen LogP contribution in [0.15, 0.2) is 55.0 Å². The van der Waals surface area contributed by atoms with Gasteiger partial charge in [0.2, 0.25) is 0 Å². The van der Waals surface area contributed by atoms with Crippen molar-refractivity contribution in [3.8, 4) is 6.07 Å². The Bertz CT molecular complexity index is 1220. The van der Waals surface area contributed by atoms with Crippen molar-refractivity contribution in [2.24, 2.45) is 0 Å². The van der Waals surface area contributed by atoms with Gasteiger partial charge < -0.3 is 15.4 Å². The summed E-state index contributed by atoms with van der Waals surface area (Å²) in [6.07, 6.45) is 3.94. The molecule has 0 saturated carbocycles. The van der Waals surface area contributed by atoms with Gasteiger partial charge in [0.1, 0.15) is 18.5 Å². The number of hydrogen-bond donors (Lipinski definition) is 3. The van der Waals surface area contributed by atoms with Gasteiger partial charge in [0.25, 0.3) is 17.8 Å². The van der Waals surface area contributed by atoms with Crippen LogP contribution in [-0.2, 0) is 4.74 Å². The summed E-state index contributed by atoms with van der Waals surface area (Å²) in [6.45, 7) is 1.03. The highest BCUT2D eigenvalue weighted by Gasteiger charge is 2.22. The summed E-state index contributed by atoms with van der Waals surface area (Å²) in [6, 6.07) is 11.8. The number of benzene rings is 1. The SMILES string of the molecule is N#Cc1ccc(NC(=O)c2nccnc2C(=O)Nc2ccc(N3CCOC3=N)cc2)nc1. The molecule has 2 aromatic heterocycles. The minimum atomic E-state index is -0.664. The quantitative estimate of drug-likeness (QED) is 0.557. The normalized spacial score (nSPS) is 12.6. The van der Waals surface area contributed by atoms with Crippen LogP contribution in [0.25, 0.3) is 0 Å². The molecule has 1 fully saturated rings. The Labute approximate surface area is 182 Å². The predicted octanol–water partition coefficient (Wildman–Crippen LogP) is 2.02. The van der Waals surface area contributed by atoms with Crippen LogP contribution in [0.5, 0.6) is 0 Å². The van der Waals surface area contributed by atoms with Crippen molar-refractivity contribution in [2.75, 3.05) is 28.7 Å². The molecule has 0 spiro atoms. The van der Waals surface area contributed by atoms with Crippen molar-refractivity contribution in [3.05, 3.63) is 71.9 Å². The highest BCUT2D eigenvalue weighted by atomic mass is 16.5. The summed E-state index contributed by atoms with van der Waals surface area (Å²) in [7, 11) is 0. The number of ether oxygens (including phenoxy) is 1. The lowest BCUT2D eigenvalue weighted by Gasteiger charge is -2.15. The maximum absolute atomic E-state index is 12.8. The molecule has 32 heavy (non-hydrogen) atoms. The number of amidine groups is 1. The fraction of sp³-hybridized carbons (Fsp3) is 0.0952. The van der Waals surface area contributed by atoms with E-state index in [-0.39, 0.29) is 23.2 Å². The Morgan fingerprint density at radius 2 is 1.69 bits per heavy atom. The topological polar surface area (TPSA) is 157 Å². The second-order valence-electron chi connectivity index (χ2n) is 6.56. The lowest BCUT2D eigenvalue weighted by Crippen LogP contribution is -2.24. The highest BCUT2D eigenvalue weighted by molar-refractivity contribution is 6.13. The maximum Gasteiger partial charge on any atom is 0.289 e. The summed E-state index contributed by atoms with van der Waals surface area (Å²) in [5.41, 5.74) is 1.27. The number of nitrogens with zero attached hydrogens (tertiary/aromatic N) is 5. The van der Waals surface area contributed by atoms with Crippen molar-refractivity contribution in [2.45, 2.75) is 0 Å². The lowest BCUT2D eigenvalue weighted by molar-refractivity contribution is 0.0982. The molecule has 0 radical (unpaired) electrons. The summed E-state index contributed by atoms with van der Waals surface area (Å²) in [5, 5.41) is 21.8. The molecule has 0 aliphatic carbocycles. The van der Waals surface area contributed by atoms with E-state index < -0.39 is 11.8 Å². The third-order valence-corrected chi connectivity index (χ3v) is 4.50. The van der Waals surface area contributed by atoms with Gasteiger partial charge in [-0.1, -0.05) is 0 Å². The van der Waals surface area contributed by atoms with Crippen molar-refractivity contribution in [1.29, 1.82) is 10.7 Å². The van der Waals surface area contributed by atoms with Crippen molar-refractivity contribution < 1.29 is 14.3 Å². The molecule has 11 heteroatoms. The zero-order valence-electron chi connectivity index (χ0n) is 16.6. The third kappa shape index (κ3) is 4.34. The van der Waals surface area contributed by atoms with Crippen LogP contribution < -0.4 is 15.5 Å². The Morgan fingerprint density at radius 3 is 2.25 bits per heavy atom. The first-order valence-corrected chi connectivity index (χ1v) is 9.44. The number of carbonyl (C=O) groups excluding carboxylic acids is 2. The van der Waals surface area contributed by atoms with Gasteiger partial charge >= 0.3 is 0 Å². The molecule has 0 bridgehead atoms. The number of amides is 2. The molecular weight excluding hydrogens is 412 g/mol. The van der Waals surface area contributed by atoms with Gasteiger partial charge in [-0.15, -0.1) is 0 Å². The summed E-state index contributed by atoms with van der Waals surface area (Å²) in [5.74, 6) is -1.07. The molecule has 0 unspecified atom stereocenters. The van der Waals surface area contributed by atoms with Gasteiger partial charge in [-0.3, -0.25) is 19.9 Å². The number of carbonyl (C=O) groups is 2. The van der Waals surface area contributed by atoms with Gasteiger partial charge in [-0.25, -0.2) is 15.0 Å². The van der Waals surface area contributed by atoms with Crippen LogP contribution in [0.4, 0.5) is 17.2 Å². The van der Waals surface area contributed by atoms with E-state index in [9.17, 15) is 9.59 Å². The van der Waals surface area contributed by atoms with Crippen LogP contribution in [0.3, 0.4) is 0 Å². The van der Waals surface area contributed by atoms with E-state index >= 15 is 0 Å². The van der Waals surface area contributed by atoms with E-state index in [0.29, 0.717) is 24.4 Å². The van der Waals surface area contributed by atoms with Gasteiger partial charge in [0, 0.05) is 30.0 Å². The second kappa shape index (κ2) is 8.88. The van der Waals surface area contributed by atoms with Crippen molar-refractivity contribution in [3.63, 3.8) is 0 Å². The molecule has 1 aromatic carbocycles. The minimum Gasteiger partial charge on any atom is -0.463 e. The first kappa shape index (κ1) is 20.4. The molecule has 2 amide bonds. The third-order valence-electron chi connectivity index (χ3n) is 4.50. The molecule has 3 aromatic rings. The van der Waals surface area contributed by atoms with Crippen LogP contribution >= 0.6 is 0 Å². The van der Waals surface area contributed by atoms with Crippen molar-refractivity contribution >= 4 is 35.0 Å². The summed E-state index contributed by atoms with van der Waals surface area (Å²) >= 11 is 0. The smallest absolute Gasteiger partial charge is 0.289 e. The number of pyridine rings is 1. The molecule has 11 nitrogen and oxygen atoms in total. The van der Waals surface area contributed by atoms with E-state index in [2.05, 4.69) is 25.6 Å². The molecule has 0 atom stereocenters. The molecule has 158 valence electrons. The maximum atomic E-state index is 12.8. The van der Waals surface area contributed by atoms with Crippen LogP contribution in [0, 0.1) is 16.7 Å². The fourth-order valence-electron chi connectivity index (χ4n) is 2.95. The molecule has 1 aliphatic rings. The van der Waals surface area contributed by atoms with Crippen LogP contribution in [0.2, 0.25) is 0 Å². The number of anilines is 3. The second-order valence-corrected chi connectivity index (χ2v) is 6.56. The number of nitriles is 1. The Kier molecular flexibility index (Phi) is 5.67. The standard InChI is InChI=1S/C21H16N8O3/c22-11-13-1-6-16(26-12-13)28-20(31)18-17(24-7-8-25-18)19(30)27-14-2-4-15(5-3-14)29-9-10-32-21(29)23/h1-8,12,23H,9-10H2,(H,27,30)(H,26,28,31). The summed E-state index contributed by atoms with van der Waals surface area (Å²) in [4.78, 5) is 39.1. The van der Waals surface area contributed by atoms with Crippen LogP contribution in [-0.4, -0.2) is 45.9 Å². The van der Waals surface area contributed by atoms with Gasteiger partial charge in [-0.05, 0) is 36.4 Å². The van der Waals surface area contributed by atoms with E-state index in [4.69, 9.17) is 15.4 Å². The largest absolute Gasteiger partial charge is 0.463 e. The Hall–Kier alpha value is -4.85. The van der Waals surface area contributed by atoms with Crippen molar-refractivity contribution in [1.82, 2.24) is 15.0 Å². The number of rotatable bonds is 5. The monoisotopic (exact) mass is 428 g/mol. The number of nitrogens with one attached hydrogen (secondary N) is 3. The Balaban J connectivity index is 1.47. The molecule has 3 heterocycles. The molecule has 3 N–H and O–H groups in total. The molecular formula is C21H16N8O3. The van der Waals surface area contributed by atoms with Crippen LogP contribution in [0.1, 0.15) is 26.5 Å². The zero-order chi connectivity index (χ0) is 22.5. The van der Waals surface area contributed by atoms with Gasteiger partial charge in [-0.2, -0.15) is 5.26 Å². The predicted molar refractivity (Wildman–Crippen MR) is 114 cm³/mol. The fourth-order valence-corrected chi connectivity index (χ4v) is 2.95. The minimum absolute atomic E-state index is 0.0775. The first-order valence-electron chi connectivity index (χ1n) is 9.44. The molecule has 4 rings (SSSR count). The average molecular weight is 428 g/mol. The van der Waals surface area contributed by atoms with Gasteiger partial charge in [0.15, 0.2) is 11.4 Å². The first-order chi connectivity index (χ1) is 15.5. The molecule has 1 aliphatic heterocycles. The summed E-state index contributed by atoms with van der Waals surface area (Å²) < 4.78 is 5.13. The van der Waals surface area contributed by atoms with Gasteiger partial charge in [0.05, 0.1) is 12.1 Å². The Morgan fingerprint density at radius 1 is 1.00 bits per heavy atom. The van der Waals surface area contributed by atoms with E-state index in [0.717, 1.165) is 5.69 Å². The van der Waals surface area contributed by atoms with E-state index in [1.54, 1.807) is 29.2 Å². The highest BCUT2D eigenvalue weighted by Crippen LogP contribution is 2.21. The zero-order valence-corrected chi connectivity index (χ0v) is 16.6. The van der Waals surface area contributed by atoms with E-state index in [1.165, 1.54) is 30.7 Å².